The van der Waals surface area contributed by atoms with E-state index in [9.17, 15) is 0 Å². The van der Waals surface area contributed by atoms with Crippen LogP contribution < -0.4 is 11.1 Å². The van der Waals surface area contributed by atoms with Gasteiger partial charge in [0, 0.05) is 11.4 Å². The molecule has 0 amide bonds. The summed E-state index contributed by atoms with van der Waals surface area (Å²) in [5.41, 5.74) is 6.80. The van der Waals surface area contributed by atoms with Crippen LogP contribution in [0.25, 0.3) is 0 Å². The number of hydrogen-bond donors (Lipinski definition) is 3. The molecular weight excluding hydrogens is 210 g/mol. The highest BCUT2D eigenvalue weighted by molar-refractivity contribution is 7.10. The van der Waals surface area contributed by atoms with Gasteiger partial charge in [-0.15, -0.1) is 16.4 Å². The molecule has 3 rings (SSSR count). The molecule has 1 aliphatic rings. The van der Waals surface area contributed by atoms with E-state index >= 15 is 0 Å². The van der Waals surface area contributed by atoms with Crippen LogP contribution in [-0.2, 0) is 6.42 Å². The van der Waals surface area contributed by atoms with Crippen LogP contribution in [0, 0.1) is 0 Å². The Morgan fingerprint density at radius 2 is 2.47 bits per heavy atom. The molecule has 0 aromatic carbocycles. The molecule has 2 aromatic rings. The maximum absolute atomic E-state index is 5.50. The summed E-state index contributed by atoms with van der Waals surface area (Å²) in [5, 5.41) is 12.2. The maximum atomic E-state index is 5.50. The predicted octanol–water partition coefficient (Wildman–Crippen LogP) is 0.683. The number of H-pyrrole nitrogens is 1. The Morgan fingerprint density at radius 3 is 3.27 bits per heavy atom. The first-order valence-corrected chi connectivity index (χ1v) is 5.70. The highest BCUT2D eigenvalue weighted by Crippen LogP contribution is 2.30. The smallest absolute Gasteiger partial charge is 0.239 e. The van der Waals surface area contributed by atoms with Gasteiger partial charge < -0.3 is 11.1 Å². The number of nitrogens with one attached hydrogen (secondary N) is 2. The standard InChI is InChI=1S/C9H11N5S/c10-9-12-8(13-14-9)7-5-2-4-15-6(5)1-3-11-7/h2,4,7,11H,1,3H2,(H3,10,12,13,14). The Labute approximate surface area is 90.7 Å². The Morgan fingerprint density at radius 1 is 1.53 bits per heavy atom. The lowest BCUT2D eigenvalue weighted by molar-refractivity contribution is 0.551. The molecule has 0 saturated heterocycles. The topological polar surface area (TPSA) is 79.6 Å². The highest BCUT2D eigenvalue weighted by atomic mass is 32.1. The van der Waals surface area contributed by atoms with Crippen molar-refractivity contribution >= 4 is 17.3 Å². The second-order valence-corrected chi connectivity index (χ2v) is 4.52. The maximum Gasteiger partial charge on any atom is 0.239 e. The zero-order valence-electron chi connectivity index (χ0n) is 8.03. The van der Waals surface area contributed by atoms with Crippen LogP contribution in [0.5, 0.6) is 0 Å². The van der Waals surface area contributed by atoms with Crippen molar-refractivity contribution in [3.8, 4) is 0 Å². The van der Waals surface area contributed by atoms with Crippen molar-refractivity contribution in [3.05, 3.63) is 27.7 Å². The lowest BCUT2D eigenvalue weighted by Crippen LogP contribution is -2.30. The van der Waals surface area contributed by atoms with Crippen LogP contribution in [0.3, 0.4) is 0 Å². The molecule has 0 aliphatic carbocycles. The Balaban J connectivity index is 2.02. The van der Waals surface area contributed by atoms with Gasteiger partial charge in [0.15, 0.2) is 0 Å². The van der Waals surface area contributed by atoms with Gasteiger partial charge in [-0.1, -0.05) is 0 Å². The second-order valence-electron chi connectivity index (χ2n) is 3.52. The monoisotopic (exact) mass is 221 g/mol. The van der Waals surface area contributed by atoms with Gasteiger partial charge in [-0.25, -0.2) is 0 Å². The van der Waals surface area contributed by atoms with Crippen LogP contribution >= 0.6 is 11.3 Å². The molecule has 0 spiro atoms. The third-order valence-electron chi connectivity index (χ3n) is 2.58. The molecule has 78 valence electrons. The van der Waals surface area contributed by atoms with Gasteiger partial charge in [-0.2, -0.15) is 4.98 Å². The van der Waals surface area contributed by atoms with Crippen LogP contribution in [0.15, 0.2) is 11.4 Å². The number of nitrogens with zero attached hydrogens (tertiary/aromatic N) is 2. The molecule has 4 N–H and O–H groups in total. The summed E-state index contributed by atoms with van der Waals surface area (Å²) in [4.78, 5) is 5.59. The fourth-order valence-electron chi connectivity index (χ4n) is 1.91. The van der Waals surface area contributed by atoms with E-state index in [1.807, 2.05) is 0 Å². The number of nitrogen functional groups attached to an aromatic ring is 1. The van der Waals surface area contributed by atoms with Crippen LogP contribution in [0.1, 0.15) is 22.3 Å². The average molecular weight is 221 g/mol. The van der Waals surface area contributed by atoms with Crippen molar-refractivity contribution in [1.29, 1.82) is 0 Å². The summed E-state index contributed by atoms with van der Waals surface area (Å²) in [6.45, 7) is 0.971. The Kier molecular flexibility index (Phi) is 1.96. The van der Waals surface area contributed by atoms with E-state index < -0.39 is 0 Å². The van der Waals surface area contributed by atoms with E-state index in [1.54, 1.807) is 11.3 Å². The molecule has 6 heteroatoms. The van der Waals surface area contributed by atoms with E-state index in [1.165, 1.54) is 10.4 Å². The molecule has 0 fully saturated rings. The number of fused-ring (bicyclic) bond motifs is 1. The quantitative estimate of drug-likeness (QED) is 0.661. The number of nitrogens with two attached hydrogens (primary N) is 1. The molecule has 3 heterocycles. The van der Waals surface area contributed by atoms with E-state index in [2.05, 4.69) is 31.9 Å². The van der Waals surface area contributed by atoms with Crippen molar-refractivity contribution in [2.45, 2.75) is 12.5 Å². The molecular formula is C9H11N5S. The lowest BCUT2D eigenvalue weighted by atomic mass is 10.0. The first kappa shape index (κ1) is 8.87. The summed E-state index contributed by atoms with van der Waals surface area (Å²) < 4.78 is 0. The zero-order valence-corrected chi connectivity index (χ0v) is 8.84. The first-order valence-electron chi connectivity index (χ1n) is 4.82. The molecule has 1 unspecified atom stereocenters. The van der Waals surface area contributed by atoms with Crippen molar-refractivity contribution in [2.24, 2.45) is 0 Å². The summed E-state index contributed by atoms with van der Waals surface area (Å²) >= 11 is 1.80. The second kappa shape index (κ2) is 3.32. The molecule has 0 saturated carbocycles. The molecule has 1 atom stereocenters. The van der Waals surface area contributed by atoms with Crippen molar-refractivity contribution in [1.82, 2.24) is 20.5 Å². The minimum atomic E-state index is 0.116. The molecule has 1 aliphatic heterocycles. The largest absolute Gasteiger partial charge is 0.367 e. The SMILES string of the molecule is Nc1n[nH]c(C2NCCc3sccc32)n1. The van der Waals surface area contributed by atoms with Gasteiger partial charge in [-0.05, 0) is 23.4 Å². The first-order chi connectivity index (χ1) is 7.34. The van der Waals surface area contributed by atoms with Gasteiger partial charge in [-0.3, -0.25) is 5.10 Å². The fraction of sp³-hybridized carbons (Fsp3) is 0.333. The van der Waals surface area contributed by atoms with Crippen molar-refractivity contribution in [2.75, 3.05) is 12.3 Å². The van der Waals surface area contributed by atoms with E-state index in [-0.39, 0.29) is 6.04 Å². The van der Waals surface area contributed by atoms with Crippen LogP contribution in [0.4, 0.5) is 5.95 Å². The Hall–Kier alpha value is -1.40. The normalized spacial score (nSPS) is 20.1. The number of thiophene rings is 1. The minimum absolute atomic E-state index is 0.116. The fourth-order valence-corrected chi connectivity index (χ4v) is 2.83. The summed E-state index contributed by atoms with van der Waals surface area (Å²) in [5.74, 6) is 1.10. The molecule has 2 aromatic heterocycles. The third kappa shape index (κ3) is 1.42. The Bertz CT molecular complexity index is 474. The average Bonchev–Trinajstić information content (AvgIpc) is 2.84. The molecule has 0 radical (unpaired) electrons. The summed E-state index contributed by atoms with van der Waals surface area (Å²) in [7, 11) is 0. The summed E-state index contributed by atoms with van der Waals surface area (Å²) in [6.07, 6.45) is 1.09. The predicted molar refractivity (Wildman–Crippen MR) is 58.7 cm³/mol. The van der Waals surface area contributed by atoms with E-state index in [4.69, 9.17) is 5.73 Å². The minimum Gasteiger partial charge on any atom is -0.367 e. The van der Waals surface area contributed by atoms with Crippen LogP contribution in [-0.4, -0.2) is 21.7 Å². The molecule has 15 heavy (non-hydrogen) atoms. The number of aromatic nitrogens is 3. The highest BCUT2D eigenvalue weighted by Gasteiger charge is 2.24. The summed E-state index contributed by atoms with van der Waals surface area (Å²) in [6, 6.07) is 2.25. The van der Waals surface area contributed by atoms with Crippen LogP contribution in [0.2, 0.25) is 0 Å². The van der Waals surface area contributed by atoms with Gasteiger partial charge in [0.2, 0.25) is 5.95 Å². The van der Waals surface area contributed by atoms with Gasteiger partial charge in [0.05, 0.1) is 6.04 Å². The number of aromatic amines is 1. The lowest BCUT2D eigenvalue weighted by Gasteiger charge is -2.21. The van der Waals surface area contributed by atoms with Gasteiger partial charge in [0.25, 0.3) is 0 Å². The third-order valence-corrected chi connectivity index (χ3v) is 3.58. The zero-order chi connectivity index (χ0) is 10.3. The number of anilines is 1. The van der Waals surface area contributed by atoms with Gasteiger partial charge >= 0.3 is 0 Å². The van der Waals surface area contributed by atoms with Gasteiger partial charge in [0.1, 0.15) is 5.82 Å². The molecule has 0 bridgehead atoms. The van der Waals surface area contributed by atoms with E-state index in [0.717, 1.165) is 18.8 Å². The molecule has 5 nitrogen and oxygen atoms in total. The van der Waals surface area contributed by atoms with Crippen molar-refractivity contribution < 1.29 is 0 Å². The number of rotatable bonds is 1. The van der Waals surface area contributed by atoms with E-state index in [0.29, 0.717) is 5.95 Å². The number of hydrogen-bond acceptors (Lipinski definition) is 5. The van der Waals surface area contributed by atoms with Crippen molar-refractivity contribution in [3.63, 3.8) is 0 Å².